The molecule has 14 heavy (non-hydrogen) atoms. The van der Waals surface area contributed by atoms with Crippen LogP contribution in [-0.2, 0) is 7.05 Å². The molecule has 2 N–H and O–H groups in total. The third-order valence-corrected chi connectivity index (χ3v) is 2.74. The van der Waals surface area contributed by atoms with Gasteiger partial charge in [0.15, 0.2) is 0 Å². The van der Waals surface area contributed by atoms with E-state index >= 15 is 0 Å². The predicted molar refractivity (Wildman–Crippen MR) is 57.4 cm³/mol. The van der Waals surface area contributed by atoms with Crippen LogP contribution in [0.2, 0.25) is 0 Å². The largest absolute Gasteiger partial charge is 0.370 e. The van der Waals surface area contributed by atoms with Gasteiger partial charge in [-0.1, -0.05) is 0 Å². The third-order valence-electron chi connectivity index (χ3n) is 2.74. The Kier molecular flexibility index (Phi) is 2.72. The zero-order valence-corrected chi connectivity index (χ0v) is 8.88. The van der Waals surface area contributed by atoms with Crippen LogP contribution in [0.5, 0.6) is 0 Å². The second-order valence-electron chi connectivity index (χ2n) is 4.03. The third kappa shape index (κ3) is 2.07. The van der Waals surface area contributed by atoms with Crippen molar-refractivity contribution in [1.29, 1.82) is 0 Å². The number of anilines is 1. The molecule has 1 atom stereocenters. The van der Waals surface area contributed by atoms with E-state index in [4.69, 9.17) is 0 Å². The highest BCUT2D eigenvalue weighted by molar-refractivity contribution is 5.36. The average molecular weight is 194 g/mol. The van der Waals surface area contributed by atoms with Crippen LogP contribution in [-0.4, -0.2) is 29.4 Å². The molecule has 1 unspecified atom stereocenters. The Hall–Kier alpha value is -1.03. The van der Waals surface area contributed by atoms with Crippen LogP contribution < -0.4 is 10.6 Å². The highest BCUT2D eigenvalue weighted by Gasteiger charge is 2.14. The van der Waals surface area contributed by atoms with Crippen molar-refractivity contribution in [2.75, 3.05) is 25.0 Å². The summed E-state index contributed by atoms with van der Waals surface area (Å²) in [5.74, 6) is 1.89. The molecule has 2 rings (SSSR count). The second kappa shape index (κ2) is 4.00. The molecule has 0 saturated carbocycles. The fourth-order valence-corrected chi connectivity index (χ4v) is 1.91. The first-order valence-corrected chi connectivity index (χ1v) is 5.21. The summed E-state index contributed by atoms with van der Waals surface area (Å²) in [6, 6.07) is 2.09. The lowest BCUT2D eigenvalue weighted by Gasteiger charge is -2.10. The Morgan fingerprint density at radius 1 is 1.71 bits per heavy atom. The predicted octanol–water partition coefficient (Wildman–Crippen LogP) is 0.750. The summed E-state index contributed by atoms with van der Waals surface area (Å²) in [7, 11) is 1.97. The first-order chi connectivity index (χ1) is 6.75. The van der Waals surface area contributed by atoms with Crippen LogP contribution in [0.4, 0.5) is 5.82 Å². The topological polar surface area (TPSA) is 41.9 Å². The molecule has 78 valence electrons. The summed E-state index contributed by atoms with van der Waals surface area (Å²) in [4.78, 5) is 0. The lowest BCUT2D eigenvalue weighted by Crippen LogP contribution is -2.18. The van der Waals surface area contributed by atoms with E-state index in [9.17, 15) is 0 Å². The summed E-state index contributed by atoms with van der Waals surface area (Å²) in [6.45, 7) is 5.37. The zero-order chi connectivity index (χ0) is 9.97. The van der Waals surface area contributed by atoms with Gasteiger partial charge in [-0.3, -0.25) is 4.68 Å². The minimum atomic E-state index is 0.769. The van der Waals surface area contributed by atoms with Crippen LogP contribution in [0.3, 0.4) is 0 Å². The maximum Gasteiger partial charge on any atom is 0.124 e. The molecular weight excluding hydrogens is 176 g/mol. The van der Waals surface area contributed by atoms with E-state index in [2.05, 4.69) is 21.8 Å². The molecule has 0 radical (unpaired) electrons. The van der Waals surface area contributed by atoms with Gasteiger partial charge in [0.05, 0.1) is 5.69 Å². The minimum Gasteiger partial charge on any atom is -0.370 e. The maximum atomic E-state index is 4.29. The number of nitrogens with zero attached hydrogens (tertiary/aromatic N) is 2. The van der Waals surface area contributed by atoms with Crippen LogP contribution in [0.25, 0.3) is 0 Å². The molecular formula is C10H18N4. The number of hydrogen-bond donors (Lipinski definition) is 2. The zero-order valence-electron chi connectivity index (χ0n) is 8.88. The molecule has 0 aromatic carbocycles. The van der Waals surface area contributed by atoms with Crippen LogP contribution >= 0.6 is 0 Å². The van der Waals surface area contributed by atoms with Gasteiger partial charge in [0.2, 0.25) is 0 Å². The number of aromatic nitrogens is 2. The van der Waals surface area contributed by atoms with Gasteiger partial charge in [0, 0.05) is 19.7 Å². The van der Waals surface area contributed by atoms with E-state index in [-0.39, 0.29) is 0 Å². The van der Waals surface area contributed by atoms with Crippen molar-refractivity contribution in [3.63, 3.8) is 0 Å². The van der Waals surface area contributed by atoms with Crippen molar-refractivity contribution in [3.8, 4) is 0 Å². The Morgan fingerprint density at radius 2 is 2.57 bits per heavy atom. The summed E-state index contributed by atoms with van der Waals surface area (Å²) in [5, 5.41) is 11.1. The van der Waals surface area contributed by atoms with Gasteiger partial charge in [0.25, 0.3) is 0 Å². The summed E-state index contributed by atoms with van der Waals surface area (Å²) >= 11 is 0. The summed E-state index contributed by atoms with van der Waals surface area (Å²) < 4.78 is 1.90. The van der Waals surface area contributed by atoms with E-state index in [1.807, 2.05) is 18.7 Å². The van der Waals surface area contributed by atoms with E-state index in [0.29, 0.717) is 0 Å². The highest BCUT2D eigenvalue weighted by atomic mass is 15.3. The average Bonchev–Trinajstić information content (AvgIpc) is 2.72. The van der Waals surface area contributed by atoms with Crippen LogP contribution in [0.1, 0.15) is 12.1 Å². The molecule has 0 bridgehead atoms. The number of nitrogens with one attached hydrogen (secondary N) is 2. The lowest BCUT2D eigenvalue weighted by molar-refractivity contribution is 0.610. The SMILES string of the molecule is Cc1cc(NCC2CCNC2)n(C)n1. The summed E-state index contributed by atoms with van der Waals surface area (Å²) in [5.41, 5.74) is 1.07. The number of hydrogen-bond acceptors (Lipinski definition) is 3. The second-order valence-corrected chi connectivity index (χ2v) is 4.03. The molecule has 1 aliphatic rings. The number of rotatable bonds is 3. The van der Waals surface area contributed by atoms with Gasteiger partial charge in [-0.05, 0) is 32.4 Å². The fourth-order valence-electron chi connectivity index (χ4n) is 1.91. The Bertz CT molecular complexity index is 299. The van der Waals surface area contributed by atoms with Gasteiger partial charge in [-0.2, -0.15) is 5.10 Å². The van der Waals surface area contributed by atoms with Crippen molar-refractivity contribution < 1.29 is 0 Å². The Balaban J connectivity index is 1.87. The first kappa shape index (κ1) is 9.52. The molecule has 4 heteroatoms. The quantitative estimate of drug-likeness (QED) is 0.746. The van der Waals surface area contributed by atoms with Crippen molar-refractivity contribution in [2.24, 2.45) is 13.0 Å². The molecule has 1 aliphatic heterocycles. The van der Waals surface area contributed by atoms with Crippen LogP contribution in [0, 0.1) is 12.8 Å². The molecule has 1 aromatic rings. The van der Waals surface area contributed by atoms with Gasteiger partial charge in [-0.15, -0.1) is 0 Å². The highest BCUT2D eigenvalue weighted by Crippen LogP contribution is 2.11. The van der Waals surface area contributed by atoms with Crippen molar-refractivity contribution >= 4 is 5.82 Å². The molecule has 1 saturated heterocycles. The van der Waals surface area contributed by atoms with Gasteiger partial charge < -0.3 is 10.6 Å². The molecule has 0 amide bonds. The normalized spacial score (nSPS) is 21.4. The summed E-state index contributed by atoms with van der Waals surface area (Å²) in [6.07, 6.45) is 1.28. The Morgan fingerprint density at radius 3 is 3.14 bits per heavy atom. The molecule has 1 aromatic heterocycles. The van der Waals surface area contributed by atoms with E-state index < -0.39 is 0 Å². The minimum absolute atomic E-state index is 0.769. The molecule has 1 fully saturated rings. The fraction of sp³-hybridized carbons (Fsp3) is 0.700. The Labute approximate surface area is 84.7 Å². The standard InChI is InChI=1S/C10H18N4/c1-8-5-10(14(2)13-8)12-7-9-3-4-11-6-9/h5,9,11-12H,3-4,6-7H2,1-2H3. The van der Waals surface area contributed by atoms with Crippen molar-refractivity contribution in [1.82, 2.24) is 15.1 Å². The smallest absolute Gasteiger partial charge is 0.124 e. The monoisotopic (exact) mass is 194 g/mol. The molecule has 0 aliphatic carbocycles. The van der Waals surface area contributed by atoms with Gasteiger partial charge in [0.1, 0.15) is 5.82 Å². The molecule has 0 spiro atoms. The lowest BCUT2D eigenvalue weighted by atomic mass is 10.1. The van der Waals surface area contributed by atoms with Crippen molar-refractivity contribution in [3.05, 3.63) is 11.8 Å². The van der Waals surface area contributed by atoms with E-state index in [1.165, 1.54) is 6.42 Å². The van der Waals surface area contributed by atoms with Crippen molar-refractivity contribution in [2.45, 2.75) is 13.3 Å². The molecule has 4 nitrogen and oxygen atoms in total. The molecule has 2 heterocycles. The van der Waals surface area contributed by atoms with Gasteiger partial charge >= 0.3 is 0 Å². The van der Waals surface area contributed by atoms with E-state index in [1.54, 1.807) is 0 Å². The maximum absolute atomic E-state index is 4.29. The van der Waals surface area contributed by atoms with Gasteiger partial charge in [-0.25, -0.2) is 0 Å². The first-order valence-electron chi connectivity index (χ1n) is 5.21. The van der Waals surface area contributed by atoms with E-state index in [0.717, 1.165) is 37.1 Å². The number of aryl methyl sites for hydroxylation is 2. The van der Waals surface area contributed by atoms with Crippen LogP contribution in [0.15, 0.2) is 6.07 Å².